The lowest BCUT2D eigenvalue weighted by molar-refractivity contribution is 0.431. The third kappa shape index (κ3) is 14.5. The van der Waals surface area contributed by atoms with Gasteiger partial charge in [-0.2, -0.15) is 5.26 Å². The molecule has 0 aliphatic carbocycles. The molecule has 0 aliphatic rings. The second-order valence-electron chi connectivity index (χ2n) is 2.88. The minimum absolute atomic E-state index is 0.450. The predicted molar refractivity (Wildman–Crippen MR) is 78.7 cm³/mol. The fourth-order valence-corrected chi connectivity index (χ4v) is 0.840. The number of hydrogen-bond acceptors (Lipinski definition) is 2. The van der Waals surface area contributed by atoms with E-state index in [1.54, 1.807) is 12.2 Å². The molecule has 0 saturated heterocycles. The van der Waals surface area contributed by atoms with Crippen LogP contribution in [0.5, 0.6) is 0 Å². The zero-order chi connectivity index (χ0) is 14.3. The molecular formula is C15H28N2. The van der Waals surface area contributed by atoms with E-state index in [2.05, 4.69) is 20.1 Å². The van der Waals surface area contributed by atoms with Gasteiger partial charge in [-0.3, -0.25) is 0 Å². The van der Waals surface area contributed by atoms with Gasteiger partial charge in [-0.05, 0) is 18.6 Å². The Morgan fingerprint density at radius 1 is 1.18 bits per heavy atom. The van der Waals surface area contributed by atoms with Crippen LogP contribution in [0.25, 0.3) is 0 Å². The number of allylic oxidation sites excluding steroid dienone is 3. The minimum Gasteiger partial charge on any atom is -0.375 e. The molecule has 98 valence electrons. The Morgan fingerprint density at radius 3 is 2.00 bits per heavy atom. The number of likely N-dealkylation sites (N-methyl/N-ethyl adjacent to an activating group) is 1. The summed E-state index contributed by atoms with van der Waals surface area (Å²) in [4.78, 5) is 2.04. The summed E-state index contributed by atoms with van der Waals surface area (Å²) in [5, 5.41) is 8.45. The van der Waals surface area contributed by atoms with Crippen molar-refractivity contribution in [1.29, 1.82) is 5.26 Å². The number of rotatable bonds is 5. The summed E-state index contributed by atoms with van der Waals surface area (Å²) in [6.07, 6.45) is 4.57. The van der Waals surface area contributed by atoms with Crippen molar-refractivity contribution in [2.45, 2.75) is 41.0 Å². The maximum Gasteiger partial charge on any atom is 0.0985 e. The molecule has 0 aromatic heterocycles. The Balaban J connectivity index is -0.000000439. The lowest BCUT2D eigenvalue weighted by atomic mass is 10.2. The van der Waals surface area contributed by atoms with Gasteiger partial charge in [0.05, 0.1) is 6.07 Å². The monoisotopic (exact) mass is 236 g/mol. The van der Waals surface area contributed by atoms with Crippen LogP contribution in [-0.4, -0.2) is 18.5 Å². The van der Waals surface area contributed by atoms with Gasteiger partial charge in [-0.25, -0.2) is 0 Å². The Morgan fingerprint density at radius 2 is 1.65 bits per heavy atom. The average molecular weight is 236 g/mol. The molecule has 17 heavy (non-hydrogen) atoms. The zero-order valence-electron chi connectivity index (χ0n) is 12.4. The molecule has 0 amide bonds. The van der Waals surface area contributed by atoms with Crippen molar-refractivity contribution in [1.82, 2.24) is 4.90 Å². The highest BCUT2D eigenvalue weighted by Crippen LogP contribution is 2.02. The standard InChI is InChI=1S/C11H16N2.2C2H6/c1-5-8-13(4)11(3)7-6-10(2)9-12;2*1-2/h6-7H,2-3,5,8H2,1,4H3;2*1-2H3/b7-6-;;. The van der Waals surface area contributed by atoms with E-state index in [1.165, 1.54) is 0 Å². The number of hydrogen-bond donors (Lipinski definition) is 0. The summed E-state index contributed by atoms with van der Waals surface area (Å²) >= 11 is 0. The molecule has 0 saturated carbocycles. The van der Waals surface area contributed by atoms with Gasteiger partial charge in [-0.15, -0.1) is 0 Å². The number of nitriles is 1. The third-order valence-electron chi connectivity index (χ3n) is 1.67. The van der Waals surface area contributed by atoms with Crippen LogP contribution >= 0.6 is 0 Å². The van der Waals surface area contributed by atoms with Crippen LogP contribution in [0.1, 0.15) is 41.0 Å². The highest BCUT2D eigenvalue weighted by atomic mass is 15.1. The van der Waals surface area contributed by atoms with Crippen LogP contribution in [-0.2, 0) is 0 Å². The van der Waals surface area contributed by atoms with E-state index in [0.29, 0.717) is 5.57 Å². The van der Waals surface area contributed by atoms with Gasteiger partial charge in [0.15, 0.2) is 0 Å². The molecular weight excluding hydrogens is 208 g/mol. The van der Waals surface area contributed by atoms with Gasteiger partial charge in [-0.1, -0.05) is 47.8 Å². The first kappa shape index (κ1) is 20.9. The molecule has 0 N–H and O–H groups in total. The molecule has 0 heterocycles. The minimum atomic E-state index is 0.450. The van der Waals surface area contributed by atoms with Gasteiger partial charge in [0.1, 0.15) is 0 Å². The van der Waals surface area contributed by atoms with E-state index in [9.17, 15) is 0 Å². The topological polar surface area (TPSA) is 27.0 Å². The van der Waals surface area contributed by atoms with E-state index in [-0.39, 0.29) is 0 Å². The lowest BCUT2D eigenvalue weighted by Crippen LogP contribution is -2.16. The first-order chi connectivity index (χ1) is 8.11. The van der Waals surface area contributed by atoms with Gasteiger partial charge in [0, 0.05) is 24.9 Å². The Hall–Kier alpha value is -1.49. The second kappa shape index (κ2) is 16.9. The molecule has 0 aromatic carbocycles. The van der Waals surface area contributed by atoms with E-state index in [1.807, 2.05) is 45.7 Å². The molecule has 0 unspecified atom stereocenters. The van der Waals surface area contributed by atoms with E-state index >= 15 is 0 Å². The van der Waals surface area contributed by atoms with Gasteiger partial charge >= 0.3 is 0 Å². The maximum atomic E-state index is 8.45. The Bertz CT molecular complexity index is 257. The van der Waals surface area contributed by atoms with Crippen LogP contribution in [0.3, 0.4) is 0 Å². The van der Waals surface area contributed by atoms with Crippen LogP contribution in [0, 0.1) is 11.3 Å². The smallest absolute Gasteiger partial charge is 0.0985 e. The highest BCUT2D eigenvalue weighted by molar-refractivity contribution is 5.33. The second-order valence-corrected chi connectivity index (χ2v) is 2.88. The van der Waals surface area contributed by atoms with Crippen LogP contribution < -0.4 is 0 Å². The summed E-state index contributed by atoms with van der Waals surface area (Å²) in [5.41, 5.74) is 1.35. The van der Waals surface area contributed by atoms with E-state index in [4.69, 9.17) is 5.26 Å². The molecule has 0 rings (SSSR count). The highest BCUT2D eigenvalue weighted by Gasteiger charge is 1.95. The molecule has 0 spiro atoms. The van der Waals surface area contributed by atoms with E-state index < -0.39 is 0 Å². The van der Waals surface area contributed by atoms with E-state index in [0.717, 1.165) is 18.7 Å². The zero-order valence-corrected chi connectivity index (χ0v) is 12.4. The quantitative estimate of drug-likeness (QED) is 0.518. The summed E-state index contributed by atoms with van der Waals surface area (Å²) in [6.45, 7) is 18.5. The van der Waals surface area contributed by atoms with Crippen LogP contribution in [0.15, 0.2) is 36.6 Å². The van der Waals surface area contributed by atoms with Crippen molar-refractivity contribution in [3.05, 3.63) is 36.6 Å². The van der Waals surface area contributed by atoms with Crippen molar-refractivity contribution in [3.63, 3.8) is 0 Å². The molecule has 0 fully saturated rings. The average Bonchev–Trinajstić information content (AvgIpc) is 2.40. The Labute approximate surface area is 108 Å². The summed E-state index contributed by atoms with van der Waals surface area (Å²) in [6, 6.07) is 1.95. The van der Waals surface area contributed by atoms with Crippen molar-refractivity contribution in [2.75, 3.05) is 13.6 Å². The normalized spacial score (nSPS) is 8.06. The predicted octanol–water partition coefficient (Wildman–Crippen LogP) is 4.53. The van der Waals surface area contributed by atoms with Crippen molar-refractivity contribution in [3.8, 4) is 6.07 Å². The summed E-state index contributed by atoms with van der Waals surface area (Å²) in [7, 11) is 1.98. The maximum absolute atomic E-state index is 8.45. The van der Waals surface area contributed by atoms with Gasteiger partial charge < -0.3 is 4.90 Å². The lowest BCUT2D eigenvalue weighted by Gasteiger charge is -2.17. The van der Waals surface area contributed by atoms with Crippen LogP contribution in [0.4, 0.5) is 0 Å². The fraction of sp³-hybridized carbons (Fsp3) is 0.533. The van der Waals surface area contributed by atoms with Gasteiger partial charge in [0.2, 0.25) is 0 Å². The fourth-order valence-electron chi connectivity index (χ4n) is 0.840. The SMILES string of the molecule is C=C(C#N)/C=C\C(=C)N(C)CCC.CC.CC. The first-order valence-corrected chi connectivity index (χ1v) is 6.29. The van der Waals surface area contributed by atoms with Crippen molar-refractivity contribution < 1.29 is 0 Å². The summed E-state index contributed by atoms with van der Waals surface area (Å²) in [5.74, 6) is 0. The first-order valence-electron chi connectivity index (χ1n) is 6.29. The largest absolute Gasteiger partial charge is 0.375 e. The molecule has 2 nitrogen and oxygen atoms in total. The van der Waals surface area contributed by atoms with Crippen molar-refractivity contribution in [2.24, 2.45) is 0 Å². The molecule has 0 bridgehead atoms. The Kier molecular flexibility index (Phi) is 20.8. The summed E-state index contributed by atoms with van der Waals surface area (Å²) < 4.78 is 0. The molecule has 0 aliphatic heterocycles. The molecule has 2 heteroatoms. The molecule has 0 atom stereocenters. The molecule has 0 radical (unpaired) electrons. The van der Waals surface area contributed by atoms with Gasteiger partial charge in [0.25, 0.3) is 0 Å². The molecule has 0 aromatic rings. The van der Waals surface area contributed by atoms with Crippen LogP contribution in [0.2, 0.25) is 0 Å². The number of nitrogens with zero attached hydrogens (tertiary/aromatic N) is 2. The van der Waals surface area contributed by atoms with Crippen molar-refractivity contribution >= 4 is 0 Å². The third-order valence-corrected chi connectivity index (χ3v) is 1.67.